The van der Waals surface area contributed by atoms with Crippen LogP contribution in [0.3, 0.4) is 0 Å². The van der Waals surface area contributed by atoms with Gasteiger partial charge in [0.05, 0.1) is 17.2 Å². The second-order valence-corrected chi connectivity index (χ2v) is 6.64. The summed E-state index contributed by atoms with van der Waals surface area (Å²) >= 11 is 0. The minimum atomic E-state index is -0.797. The highest BCUT2D eigenvalue weighted by Crippen LogP contribution is 2.29. The number of carbonyl (C=O) groups excluding carboxylic acids is 2. The van der Waals surface area contributed by atoms with E-state index in [1.807, 2.05) is 19.1 Å². The van der Waals surface area contributed by atoms with Gasteiger partial charge in [-0.3, -0.25) is 0 Å². The SMILES string of the molecule is C[C@@H]1[C@H](OC(=O)c2ccccc2)[C@H](C)OC(N)[C@H]1OC(=O)c1ccccc1. The van der Waals surface area contributed by atoms with Crippen LogP contribution in [-0.2, 0) is 14.2 Å². The van der Waals surface area contributed by atoms with Crippen LogP contribution >= 0.6 is 0 Å². The Morgan fingerprint density at radius 2 is 1.26 bits per heavy atom. The molecule has 2 aromatic rings. The average molecular weight is 369 g/mol. The summed E-state index contributed by atoms with van der Waals surface area (Å²) in [5, 5.41) is 0. The molecule has 1 unspecified atom stereocenters. The highest BCUT2D eigenvalue weighted by Gasteiger charge is 2.44. The normalized spacial score (nSPS) is 27.6. The van der Waals surface area contributed by atoms with E-state index in [1.165, 1.54) is 0 Å². The van der Waals surface area contributed by atoms with E-state index < -0.39 is 36.5 Å². The van der Waals surface area contributed by atoms with Crippen molar-refractivity contribution in [3.63, 3.8) is 0 Å². The van der Waals surface area contributed by atoms with E-state index in [4.69, 9.17) is 19.9 Å². The topological polar surface area (TPSA) is 87.8 Å². The van der Waals surface area contributed by atoms with E-state index in [0.717, 1.165) is 0 Å². The molecule has 3 rings (SSSR count). The van der Waals surface area contributed by atoms with E-state index >= 15 is 0 Å². The fraction of sp³-hybridized carbons (Fsp3) is 0.333. The first kappa shape index (κ1) is 19.1. The first-order valence-electron chi connectivity index (χ1n) is 8.90. The summed E-state index contributed by atoms with van der Waals surface area (Å²) in [6, 6.07) is 17.4. The molecule has 0 saturated carbocycles. The van der Waals surface area contributed by atoms with Gasteiger partial charge in [-0.2, -0.15) is 0 Å². The van der Waals surface area contributed by atoms with Crippen molar-refractivity contribution < 1.29 is 23.8 Å². The van der Waals surface area contributed by atoms with Crippen LogP contribution in [0.25, 0.3) is 0 Å². The van der Waals surface area contributed by atoms with Gasteiger partial charge in [0, 0.05) is 5.92 Å². The molecule has 27 heavy (non-hydrogen) atoms. The Bertz CT molecular complexity index is 714. The Kier molecular flexibility index (Phi) is 5.88. The van der Waals surface area contributed by atoms with Crippen molar-refractivity contribution in [1.82, 2.24) is 0 Å². The van der Waals surface area contributed by atoms with Crippen LogP contribution in [0, 0.1) is 5.92 Å². The van der Waals surface area contributed by atoms with Gasteiger partial charge in [-0.05, 0) is 31.2 Å². The smallest absolute Gasteiger partial charge is 0.338 e. The predicted molar refractivity (Wildman–Crippen MR) is 99.0 cm³/mol. The molecular weight excluding hydrogens is 346 g/mol. The number of hydrogen-bond donors (Lipinski definition) is 1. The second-order valence-electron chi connectivity index (χ2n) is 6.64. The number of ether oxygens (including phenoxy) is 3. The number of benzene rings is 2. The van der Waals surface area contributed by atoms with Crippen LogP contribution < -0.4 is 5.73 Å². The van der Waals surface area contributed by atoms with Crippen LogP contribution in [0.4, 0.5) is 0 Å². The zero-order chi connectivity index (χ0) is 19.4. The molecule has 6 heteroatoms. The first-order chi connectivity index (χ1) is 13.0. The molecule has 0 bridgehead atoms. The third-order valence-corrected chi connectivity index (χ3v) is 4.70. The number of esters is 2. The molecule has 1 heterocycles. The maximum Gasteiger partial charge on any atom is 0.338 e. The Morgan fingerprint density at radius 1 is 0.815 bits per heavy atom. The van der Waals surface area contributed by atoms with Crippen molar-refractivity contribution in [1.29, 1.82) is 0 Å². The fourth-order valence-corrected chi connectivity index (χ4v) is 3.23. The van der Waals surface area contributed by atoms with Gasteiger partial charge < -0.3 is 19.9 Å². The lowest BCUT2D eigenvalue weighted by atomic mass is 9.90. The van der Waals surface area contributed by atoms with Gasteiger partial charge in [0.1, 0.15) is 18.4 Å². The molecule has 2 aromatic carbocycles. The largest absolute Gasteiger partial charge is 0.456 e. The van der Waals surface area contributed by atoms with Gasteiger partial charge in [-0.25, -0.2) is 9.59 Å². The summed E-state index contributed by atoms with van der Waals surface area (Å²) in [7, 11) is 0. The van der Waals surface area contributed by atoms with Crippen LogP contribution in [-0.4, -0.2) is 36.5 Å². The maximum atomic E-state index is 12.4. The molecule has 0 amide bonds. The van der Waals surface area contributed by atoms with Crippen LogP contribution in [0.15, 0.2) is 60.7 Å². The Labute approximate surface area is 158 Å². The van der Waals surface area contributed by atoms with Crippen LogP contribution in [0.5, 0.6) is 0 Å². The van der Waals surface area contributed by atoms with Crippen molar-refractivity contribution in [2.75, 3.05) is 0 Å². The van der Waals surface area contributed by atoms with Crippen LogP contribution in [0.2, 0.25) is 0 Å². The Balaban J connectivity index is 1.72. The lowest BCUT2D eigenvalue weighted by Gasteiger charge is -2.42. The van der Waals surface area contributed by atoms with Crippen molar-refractivity contribution in [2.45, 2.75) is 38.4 Å². The maximum absolute atomic E-state index is 12.4. The molecule has 6 nitrogen and oxygen atoms in total. The number of nitrogens with two attached hydrogens (primary N) is 1. The van der Waals surface area contributed by atoms with Gasteiger partial charge in [0.2, 0.25) is 0 Å². The molecule has 142 valence electrons. The Hall–Kier alpha value is -2.70. The molecule has 0 aliphatic carbocycles. The molecular formula is C21H23NO5. The summed E-state index contributed by atoms with van der Waals surface area (Å²) in [6.45, 7) is 3.62. The highest BCUT2D eigenvalue weighted by atomic mass is 16.6. The molecule has 0 radical (unpaired) electrons. The molecule has 1 fully saturated rings. The van der Waals surface area contributed by atoms with E-state index in [1.54, 1.807) is 55.5 Å². The second kappa shape index (κ2) is 8.33. The van der Waals surface area contributed by atoms with Gasteiger partial charge in [-0.1, -0.05) is 43.3 Å². The highest BCUT2D eigenvalue weighted by molar-refractivity contribution is 5.90. The van der Waals surface area contributed by atoms with E-state index in [0.29, 0.717) is 11.1 Å². The van der Waals surface area contributed by atoms with Crippen molar-refractivity contribution >= 4 is 11.9 Å². The van der Waals surface area contributed by atoms with Crippen molar-refractivity contribution in [3.05, 3.63) is 71.8 Å². The standard InChI is InChI=1S/C21H23NO5/c1-13-17(26-20(23)15-9-5-3-6-10-15)14(2)25-19(22)18(13)27-21(24)16-11-7-4-8-12-16/h3-14,17-19H,22H2,1-2H3/t13-,14+,17+,18+,19?/m1/s1. The van der Waals surface area contributed by atoms with Gasteiger partial charge in [-0.15, -0.1) is 0 Å². The molecule has 1 aliphatic heterocycles. The number of carbonyl (C=O) groups is 2. The minimum Gasteiger partial charge on any atom is -0.456 e. The summed E-state index contributed by atoms with van der Waals surface area (Å²) in [6.07, 6.45) is -2.54. The Morgan fingerprint density at radius 3 is 1.74 bits per heavy atom. The fourth-order valence-electron chi connectivity index (χ4n) is 3.23. The van der Waals surface area contributed by atoms with Gasteiger partial charge >= 0.3 is 11.9 Å². The number of rotatable bonds is 4. The minimum absolute atomic E-state index is 0.330. The summed E-state index contributed by atoms with van der Waals surface area (Å²) in [4.78, 5) is 24.8. The molecule has 5 atom stereocenters. The van der Waals surface area contributed by atoms with Crippen LogP contribution in [0.1, 0.15) is 34.6 Å². The molecule has 0 aromatic heterocycles. The first-order valence-corrected chi connectivity index (χ1v) is 8.90. The number of hydrogen-bond acceptors (Lipinski definition) is 6. The van der Waals surface area contributed by atoms with E-state index in [9.17, 15) is 9.59 Å². The predicted octanol–water partition coefficient (Wildman–Crippen LogP) is 2.78. The summed E-state index contributed by atoms with van der Waals surface area (Å²) in [5.41, 5.74) is 6.92. The van der Waals surface area contributed by atoms with E-state index in [2.05, 4.69) is 0 Å². The molecule has 2 N–H and O–H groups in total. The zero-order valence-electron chi connectivity index (χ0n) is 15.3. The van der Waals surface area contributed by atoms with E-state index in [-0.39, 0.29) is 5.92 Å². The zero-order valence-corrected chi connectivity index (χ0v) is 15.3. The lowest BCUT2D eigenvalue weighted by molar-refractivity contribution is -0.189. The van der Waals surface area contributed by atoms with Crippen molar-refractivity contribution in [3.8, 4) is 0 Å². The molecule has 1 aliphatic rings. The average Bonchev–Trinajstić information content (AvgIpc) is 2.69. The molecule has 0 spiro atoms. The van der Waals surface area contributed by atoms with Gasteiger partial charge in [0.15, 0.2) is 0 Å². The molecule has 1 saturated heterocycles. The third kappa shape index (κ3) is 4.35. The monoisotopic (exact) mass is 369 g/mol. The van der Waals surface area contributed by atoms with Crippen molar-refractivity contribution in [2.24, 2.45) is 11.7 Å². The summed E-state index contributed by atoms with van der Waals surface area (Å²) in [5.74, 6) is -1.27. The summed E-state index contributed by atoms with van der Waals surface area (Å²) < 4.78 is 16.9. The third-order valence-electron chi connectivity index (χ3n) is 4.70. The quantitative estimate of drug-likeness (QED) is 0.834. The lowest BCUT2D eigenvalue weighted by Crippen LogP contribution is -2.58. The van der Waals surface area contributed by atoms with Gasteiger partial charge in [0.25, 0.3) is 0 Å².